The van der Waals surface area contributed by atoms with Crippen LogP contribution in [0.4, 0.5) is 5.69 Å². The number of hydrogen-bond donors (Lipinski definition) is 2. The van der Waals surface area contributed by atoms with Crippen LogP contribution < -0.4 is 9.47 Å². The zero-order chi connectivity index (χ0) is 14.4. The number of rotatable bonds is 7. The van der Waals surface area contributed by atoms with Crippen molar-refractivity contribution >= 4 is 5.69 Å². The summed E-state index contributed by atoms with van der Waals surface area (Å²) in [5, 5.41) is 29.1. The molecule has 19 heavy (non-hydrogen) atoms. The zero-order valence-electron chi connectivity index (χ0n) is 10.8. The van der Waals surface area contributed by atoms with E-state index in [0.717, 1.165) is 0 Å². The Labute approximate surface area is 110 Å². The molecule has 1 atom stereocenters. The highest BCUT2D eigenvalue weighted by Gasteiger charge is 2.19. The van der Waals surface area contributed by atoms with Crippen LogP contribution in [0.15, 0.2) is 12.1 Å². The Morgan fingerprint density at radius 3 is 2.58 bits per heavy atom. The second-order valence-corrected chi connectivity index (χ2v) is 4.03. The lowest BCUT2D eigenvalue weighted by atomic mass is 10.1. The monoisotopic (exact) mass is 271 g/mol. The molecule has 0 heterocycles. The first-order chi connectivity index (χ1) is 8.99. The first-order valence-corrected chi connectivity index (χ1v) is 5.76. The van der Waals surface area contributed by atoms with E-state index in [1.165, 1.54) is 19.2 Å². The maximum atomic E-state index is 10.9. The molecule has 0 aliphatic heterocycles. The largest absolute Gasteiger partial charge is 0.493 e. The van der Waals surface area contributed by atoms with Gasteiger partial charge >= 0.3 is 0 Å². The van der Waals surface area contributed by atoms with Crippen LogP contribution in [0.2, 0.25) is 0 Å². The number of benzene rings is 1. The Bertz CT molecular complexity index is 446. The minimum absolute atomic E-state index is 0.157. The molecule has 7 nitrogen and oxygen atoms in total. The van der Waals surface area contributed by atoms with E-state index >= 15 is 0 Å². The summed E-state index contributed by atoms with van der Waals surface area (Å²) in [7, 11) is 1.41. The molecule has 0 fully saturated rings. The Morgan fingerprint density at radius 2 is 2.11 bits per heavy atom. The number of methoxy groups -OCH3 is 1. The van der Waals surface area contributed by atoms with E-state index in [-0.39, 0.29) is 23.6 Å². The third-order valence-corrected chi connectivity index (χ3v) is 2.53. The van der Waals surface area contributed by atoms with Gasteiger partial charge in [0.2, 0.25) is 0 Å². The van der Waals surface area contributed by atoms with Gasteiger partial charge in [-0.1, -0.05) is 0 Å². The highest BCUT2D eigenvalue weighted by atomic mass is 16.6. The molecular weight excluding hydrogens is 254 g/mol. The van der Waals surface area contributed by atoms with Gasteiger partial charge in [0.05, 0.1) is 43.0 Å². The normalized spacial score (nSPS) is 12.0. The van der Waals surface area contributed by atoms with Crippen LogP contribution in [0.3, 0.4) is 0 Å². The summed E-state index contributed by atoms with van der Waals surface area (Å²) in [4.78, 5) is 10.3. The minimum Gasteiger partial charge on any atom is -0.493 e. The van der Waals surface area contributed by atoms with E-state index in [0.29, 0.717) is 12.2 Å². The number of ether oxygens (including phenoxy) is 2. The molecule has 1 rings (SSSR count). The van der Waals surface area contributed by atoms with Gasteiger partial charge in [0.1, 0.15) is 0 Å². The van der Waals surface area contributed by atoms with Crippen LogP contribution in [0.25, 0.3) is 0 Å². The lowest BCUT2D eigenvalue weighted by Crippen LogP contribution is -2.08. The number of nitrogens with zero attached hydrogens (tertiary/aromatic N) is 1. The molecule has 0 spiro atoms. The molecule has 1 aromatic rings. The highest BCUT2D eigenvalue weighted by molar-refractivity contribution is 5.54. The van der Waals surface area contributed by atoms with E-state index in [1.54, 1.807) is 6.92 Å². The Morgan fingerprint density at radius 1 is 1.42 bits per heavy atom. The van der Waals surface area contributed by atoms with Gasteiger partial charge in [0.15, 0.2) is 11.5 Å². The van der Waals surface area contributed by atoms with Gasteiger partial charge in [0, 0.05) is 6.42 Å². The predicted molar refractivity (Wildman–Crippen MR) is 67.4 cm³/mol. The summed E-state index contributed by atoms with van der Waals surface area (Å²) in [6.45, 7) is 1.38. The number of nitro benzene ring substituents is 1. The van der Waals surface area contributed by atoms with E-state index in [2.05, 4.69) is 0 Å². The molecule has 0 amide bonds. The van der Waals surface area contributed by atoms with Crippen molar-refractivity contribution in [3.63, 3.8) is 0 Å². The predicted octanol–water partition coefficient (Wildman–Crippen LogP) is 1.25. The van der Waals surface area contributed by atoms with E-state index in [9.17, 15) is 10.1 Å². The molecule has 0 bridgehead atoms. The second-order valence-electron chi connectivity index (χ2n) is 4.03. The van der Waals surface area contributed by atoms with Gasteiger partial charge in [-0.25, -0.2) is 0 Å². The van der Waals surface area contributed by atoms with Crippen molar-refractivity contribution < 1.29 is 24.6 Å². The maximum absolute atomic E-state index is 10.9. The lowest BCUT2D eigenvalue weighted by molar-refractivity contribution is -0.385. The smallest absolute Gasteiger partial charge is 0.278 e. The van der Waals surface area contributed by atoms with E-state index in [4.69, 9.17) is 19.7 Å². The molecule has 1 unspecified atom stereocenters. The van der Waals surface area contributed by atoms with Crippen LogP contribution >= 0.6 is 0 Å². The number of aliphatic hydroxyl groups is 2. The van der Waals surface area contributed by atoms with Gasteiger partial charge in [-0.05, 0) is 13.0 Å². The van der Waals surface area contributed by atoms with Crippen molar-refractivity contribution in [3.8, 4) is 11.5 Å². The number of hydrogen-bond acceptors (Lipinski definition) is 6. The summed E-state index contributed by atoms with van der Waals surface area (Å²) in [5.74, 6) is 0.521. The Hall–Kier alpha value is -1.86. The summed E-state index contributed by atoms with van der Waals surface area (Å²) >= 11 is 0. The molecular formula is C12H17NO6. The molecule has 0 aromatic heterocycles. The zero-order valence-corrected chi connectivity index (χ0v) is 10.8. The van der Waals surface area contributed by atoms with Gasteiger partial charge < -0.3 is 19.7 Å². The summed E-state index contributed by atoms with van der Waals surface area (Å²) in [5.41, 5.74) is -0.0694. The van der Waals surface area contributed by atoms with Crippen LogP contribution in [0.1, 0.15) is 18.9 Å². The second kappa shape index (κ2) is 6.91. The van der Waals surface area contributed by atoms with Gasteiger partial charge in [-0.3, -0.25) is 10.1 Å². The van der Waals surface area contributed by atoms with Crippen LogP contribution in [-0.2, 0) is 6.61 Å². The third kappa shape index (κ3) is 4.08. The first-order valence-electron chi connectivity index (χ1n) is 5.76. The van der Waals surface area contributed by atoms with Crippen molar-refractivity contribution in [2.75, 3.05) is 13.7 Å². The first kappa shape index (κ1) is 15.2. The van der Waals surface area contributed by atoms with Crippen molar-refractivity contribution in [2.45, 2.75) is 26.1 Å². The van der Waals surface area contributed by atoms with Gasteiger partial charge in [-0.15, -0.1) is 0 Å². The van der Waals surface area contributed by atoms with Crippen molar-refractivity contribution in [3.05, 3.63) is 27.8 Å². The molecule has 0 saturated carbocycles. The number of nitro groups is 1. The summed E-state index contributed by atoms with van der Waals surface area (Å²) in [6, 6.07) is 2.59. The lowest BCUT2D eigenvalue weighted by Gasteiger charge is -2.12. The molecule has 0 radical (unpaired) electrons. The van der Waals surface area contributed by atoms with Crippen molar-refractivity contribution in [2.24, 2.45) is 0 Å². The summed E-state index contributed by atoms with van der Waals surface area (Å²) in [6.07, 6.45) is -0.115. The van der Waals surface area contributed by atoms with Crippen molar-refractivity contribution in [1.29, 1.82) is 0 Å². The standard InChI is InChI=1S/C12H17NO6/c1-8(15)3-4-19-12-6-10(13(16)17)9(7-14)5-11(12)18-2/h5-6,8,14-15H,3-4,7H2,1-2H3. The average molecular weight is 271 g/mol. The summed E-state index contributed by atoms with van der Waals surface area (Å²) < 4.78 is 10.4. The fraction of sp³-hybridized carbons (Fsp3) is 0.500. The number of aliphatic hydroxyl groups excluding tert-OH is 2. The van der Waals surface area contributed by atoms with Crippen LogP contribution in [0.5, 0.6) is 11.5 Å². The topological polar surface area (TPSA) is 102 Å². The maximum Gasteiger partial charge on any atom is 0.278 e. The molecule has 0 aliphatic carbocycles. The minimum atomic E-state index is -0.591. The van der Waals surface area contributed by atoms with Crippen LogP contribution in [-0.4, -0.2) is 35.0 Å². The van der Waals surface area contributed by atoms with Crippen LogP contribution in [0, 0.1) is 10.1 Å². The quantitative estimate of drug-likeness (QED) is 0.571. The fourth-order valence-electron chi connectivity index (χ4n) is 1.50. The highest BCUT2D eigenvalue weighted by Crippen LogP contribution is 2.34. The average Bonchev–Trinajstić information content (AvgIpc) is 2.37. The molecule has 106 valence electrons. The third-order valence-electron chi connectivity index (χ3n) is 2.53. The molecule has 2 N–H and O–H groups in total. The molecule has 7 heteroatoms. The SMILES string of the molecule is COc1cc(CO)c([N+](=O)[O-])cc1OCCC(C)O. The van der Waals surface area contributed by atoms with E-state index < -0.39 is 17.6 Å². The van der Waals surface area contributed by atoms with E-state index in [1.807, 2.05) is 0 Å². The fourth-order valence-corrected chi connectivity index (χ4v) is 1.50. The van der Waals surface area contributed by atoms with Crippen molar-refractivity contribution in [1.82, 2.24) is 0 Å². The molecule has 0 aliphatic rings. The van der Waals surface area contributed by atoms with Gasteiger partial charge in [0.25, 0.3) is 5.69 Å². The van der Waals surface area contributed by atoms with Gasteiger partial charge in [-0.2, -0.15) is 0 Å². The Balaban J connectivity index is 3.01. The molecule has 1 aromatic carbocycles. The Kier molecular flexibility index (Phi) is 5.53. The molecule has 0 saturated heterocycles.